The van der Waals surface area contributed by atoms with E-state index in [0.717, 1.165) is 25.9 Å². The molecule has 84 valence electrons. The molecule has 1 N–H and O–H groups in total. The molecule has 0 spiro atoms. The number of benzene rings is 1. The number of halogens is 2. The van der Waals surface area contributed by atoms with E-state index in [4.69, 9.17) is 0 Å². The minimum absolute atomic E-state index is 0.433. The maximum atomic E-state index is 4.36. The highest BCUT2D eigenvalue weighted by Crippen LogP contribution is 2.33. The van der Waals surface area contributed by atoms with E-state index in [2.05, 4.69) is 68.0 Å². The summed E-state index contributed by atoms with van der Waals surface area (Å²) < 4.78 is 2.12. The van der Waals surface area contributed by atoms with Gasteiger partial charge in [0.2, 0.25) is 0 Å². The van der Waals surface area contributed by atoms with Crippen molar-refractivity contribution in [2.45, 2.75) is 19.8 Å². The molecule has 0 aliphatic carbocycles. The second kappa shape index (κ2) is 4.72. The maximum Gasteiger partial charge on any atom is 0.107 e. The lowest BCUT2D eigenvalue weighted by Gasteiger charge is -2.02. The zero-order chi connectivity index (χ0) is 11.7. The van der Waals surface area contributed by atoms with Gasteiger partial charge in [0.25, 0.3) is 0 Å². The van der Waals surface area contributed by atoms with E-state index in [1.807, 2.05) is 12.1 Å². The fourth-order valence-corrected chi connectivity index (χ4v) is 2.81. The number of hydrogen-bond acceptors (Lipinski definition) is 1. The first-order chi connectivity index (χ1) is 7.59. The number of rotatable bonds is 2. The largest absolute Gasteiger partial charge is 0.281 e. The van der Waals surface area contributed by atoms with Crippen LogP contribution in [0.4, 0.5) is 0 Å². The molecule has 16 heavy (non-hydrogen) atoms. The van der Waals surface area contributed by atoms with Crippen LogP contribution in [0.1, 0.15) is 25.5 Å². The van der Waals surface area contributed by atoms with Gasteiger partial charge in [0.1, 0.15) is 5.69 Å². The second-order valence-electron chi connectivity index (χ2n) is 3.96. The number of hydrogen-bond donors (Lipinski definition) is 1. The topological polar surface area (TPSA) is 28.7 Å². The van der Waals surface area contributed by atoms with Crippen LogP contribution in [0.3, 0.4) is 0 Å². The summed E-state index contributed by atoms with van der Waals surface area (Å²) in [7, 11) is 0. The molecule has 0 amide bonds. The number of aromatic nitrogens is 2. The molecule has 2 rings (SSSR count). The predicted octanol–water partition coefficient (Wildman–Crippen LogP) is 4.73. The van der Waals surface area contributed by atoms with Gasteiger partial charge in [-0.05, 0) is 34.0 Å². The molecular formula is C12H12Br2N2. The van der Waals surface area contributed by atoms with Gasteiger partial charge < -0.3 is 0 Å². The molecule has 0 aliphatic rings. The molecule has 0 unspecified atom stereocenters. The summed E-state index contributed by atoms with van der Waals surface area (Å²) >= 11 is 7.07. The summed E-state index contributed by atoms with van der Waals surface area (Å²) in [6.45, 7) is 4.28. The standard InChI is InChI=1S/C12H12Br2N2/c1-7(2)11-10(14)12(16-15-11)8-4-3-5-9(13)6-8/h3-7H,1-2H3,(H,15,16). The second-order valence-corrected chi connectivity index (χ2v) is 5.67. The Balaban J connectivity index is 2.49. The Labute approximate surface area is 112 Å². The van der Waals surface area contributed by atoms with Gasteiger partial charge in [-0.15, -0.1) is 0 Å². The third kappa shape index (κ3) is 2.23. The summed E-state index contributed by atoms with van der Waals surface area (Å²) in [5.41, 5.74) is 3.20. The third-order valence-corrected chi connectivity index (χ3v) is 3.70. The minimum Gasteiger partial charge on any atom is -0.281 e. The number of H-pyrrole nitrogens is 1. The Bertz CT molecular complexity index is 503. The van der Waals surface area contributed by atoms with Crippen LogP contribution >= 0.6 is 31.9 Å². The molecule has 0 fully saturated rings. The lowest BCUT2D eigenvalue weighted by Crippen LogP contribution is -1.87. The van der Waals surface area contributed by atoms with Crippen LogP contribution < -0.4 is 0 Å². The van der Waals surface area contributed by atoms with E-state index in [0.29, 0.717) is 5.92 Å². The average Bonchev–Trinajstić information content (AvgIpc) is 2.60. The van der Waals surface area contributed by atoms with Gasteiger partial charge in [-0.1, -0.05) is 41.9 Å². The molecule has 0 bridgehead atoms. The minimum atomic E-state index is 0.433. The predicted molar refractivity (Wildman–Crippen MR) is 73.5 cm³/mol. The van der Waals surface area contributed by atoms with Gasteiger partial charge in [-0.25, -0.2) is 0 Å². The fourth-order valence-electron chi connectivity index (χ4n) is 1.55. The molecule has 2 nitrogen and oxygen atoms in total. The van der Waals surface area contributed by atoms with Crippen LogP contribution in [0.5, 0.6) is 0 Å². The molecule has 1 aromatic heterocycles. The first-order valence-electron chi connectivity index (χ1n) is 5.09. The van der Waals surface area contributed by atoms with Crippen molar-refractivity contribution in [3.63, 3.8) is 0 Å². The van der Waals surface area contributed by atoms with Gasteiger partial charge in [0, 0.05) is 10.0 Å². The Kier molecular flexibility index (Phi) is 3.50. The van der Waals surface area contributed by atoms with Crippen molar-refractivity contribution in [2.75, 3.05) is 0 Å². The molecule has 0 saturated heterocycles. The van der Waals surface area contributed by atoms with Crippen LogP contribution in [0.2, 0.25) is 0 Å². The number of nitrogens with one attached hydrogen (secondary N) is 1. The van der Waals surface area contributed by atoms with E-state index in [1.54, 1.807) is 0 Å². The van der Waals surface area contributed by atoms with Crippen molar-refractivity contribution in [3.05, 3.63) is 38.9 Å². The summed E-state index contributed by atoms with van der Waals surface area (Å²) in [6, 6.07) is 8.13. The lowest BCUT2D eigenvalue weighted by atomic mass is 10.1. The van der Waals surface area contributed by atoms with Crippen LogP contribution in [0.15, 0.2) is 33.2 Å². The van der Waals surface area contributed by atoms with Crippen molar-refractivity contribution < 1.29 is 0 Å². The summed E-state index contributed by atoms with van der Waals surface area (Å²) in [6.07, 6.45) is 0. The maximum absolute atomic E-state index is 4.36. The van der Waals surface area contributed by atoms with Crippen LogP contribution in [0, 0.1) is 0 Å². The number of aromatic amines is 1. The van der Waals surface area contributed by atoms with Crippen molar-refractivity contribution in [1.82, 2.24) is 10.2 Å². The molecule has 1 aromatic carbocycles. The summed E-state index contributed by atoms with van der Waals surface area (Å²) in [4.78, 5) is 0. The highest BCUT2D eigenvalue weighted by molar-refractivity contribution is 9.11. The van der Waals surface area contributed by atoms with E-state index in [9.17, 15) is 0 Å². The highest BCUT2D eigenvalue weighted by Gasteiger charge is 2.14. The fraction of sp³-hybridized carbons (Fsp3) is 0.250. The molecule has 2 aromatic rings. The van der Waals surface area contributed by atoms with Gasteiger partial charge in [-0.3, -0.25) is 5.10 Å². The molecule has 1 heterocycles. The molecular weight excluding hydrogens is 332 g/mol. The van der Waals surface area contributed by atoms with Gasteiger partial charge >= 0.3 is 0 Å². The lowest BCUT2D eigenvalue weighted by molar-refractivity contribution is 0.807. The molecule has 0 aliphatic heterocycles. The molecule has 0 radical (unpaired) electrons. The van der Waals surface area contributed by atoms with Crippen molar-refractivity contribution in [3.8, 4) is 11.3 Å². The summed E-state index contributed by atoms with van der Waals surface area (Å²) in [5.74, 6) is 0.433. The van der Waals surface area contributed by atoms with Crippen molar-refractivity contribution in [2.24, 2.45) is 0 Å². The van der Waals surface area contributed by atoms with Crippen molar-refractivity contribution >= 4 is 31.9 Å². The van der Waals surface area contributed by atoms with E-state index < -0.39 is 0 Å². The number of nitrogens with zero attached hydrogens (tertiary/aromatic N) is 1. The van der Waals surface area contributed by atoms with Gasteiger partial charge in [-0.2, -0.15) is 5.10 Å². The smallest absolute Gasteiger partial charge is 0.107 e. The first kappa shape index (κ1) is 11.9. The van der Waals surface area contributed by atoms with Crippen LogP contribution in [0.25, 0.3) is 11.3 Å². The van der Waals surface area contributed by atoms with Gasteiger partial charge in [0.05, 0.1) is 10.2 Å². The zero-order valence-corrected chi connectivity index (χ0v) is 12.3. The quantitative estimate of drug-likeness (QED) is 0.839. The SMILES string of the molecule is CC(C)c1[nH]nc(-c2cccc(Br)c2)c1Br. The third-order valence-electron chi connectivity index (χ3n) is 2.41. The monoisotopic (exact) mass is 342 g/mol. The summed E-state index contributed by atoms with van der Waals surface area (Å²) in [5, 5.41) is 7.43. The normalized spacial score (nSPS) is 11.1. The van der Waals surface area contributed by atoms with E-state index >= 15 is 0 Å². The van der Waals surface area contributed by atoms with Gasteiger partial charge in [0.15, 0.2) is 0 Å². The van der Waals surface area contributed by atoms with Crippen LogP contribution in [-0.4, -0.2) is 10.2 Å². The molecule has 4 heteroatoms. The van der Waals surface area contributed by atoms with E-state index in [1.165, 1.54) is 0 Å². The molecule has 0 saturated carbocycles. The Morgan fingerprint density at radius 1 is 1.25 bits per heavy atom. The Morgan fingerprint density at radius 3 is 2.56 bits per heavy atom. The van der Waals surface area contributed by atoms with E-state index in [-0.39, 0.29) is 0 Å². The van der Waals surface area contributed by atoms with Crippen molar-refractivity contribution in [1.29, 1.82) is 0 Å². The molecule has 0 atom stereocenters. The zero-order valence-electron chi connectivity index (χ0n) is 9.09. The first-order valence-corrected chi connectivity index (χ1v) is 6.68. The van der Waals surface area contributed by atoms with Crippen LogP contribution in [-0.2, 0) is 0 Å². The average molecular weight is 344 g/mol. The highest BCUT2D eigenvalue weighted by atomic mass is 79.9. The Morgan fingerprint density at radius 2 is 2.00 bits per heavy atom. The Hall–Kier alpha value is -0.610.